The van der Waals surface area contributed by atoms with Gasteiger partial charge in [0.1, 0.15) is 0 Å². The van der Waals surface area contributed by atoms with Crippen LogP contribution in [0.5, 0.6) is 5.88 Å². The molecule has 0 bridgehead atoms. The predicted octanol–water partition coefficient (Wildman–Crippen LogP) is 2.76. The number of nitrogens with zero attached hydrogens (tertiary/aromatic N) is 2. The lowest BCUT2D eigenvalue weighted by molar-refractivity contribution is 0.0887. The molecule has 1 saturated heterocycles. The Morgan fingerprint density at radius 3 is 2.63 bits per heavy atom. The van der Waals surface area contributed by atoms with Gasteiger partial charge in [0, 0.05) is 31.6 Å². The molecule has 2 heterocycles. The number of piperidine rings is 1. The molecule has 0 radical (unpaired) electrons. The van der Waals surface area contributed by atoms with Crippen LogP contribution in [0.25, 0.3) is 0 Å². The summed E-state index contributed by atoms with van der Waals surface area (Å²) in [5.41, 5.74) is 0. The Morgan fingerprint density at radius 1 is 1.30 bits per heavy atom. The highest BCUT2D eigenvalue weighted by Gasteiger charge is 2.43. The summed E-state index contributed by atoms with van der Waals surface area (Å²) in [5.74, 6) is 2.56. The molecule has 1 aliphatic heterocycles. The van der Waals surface area contributed by atoms with Gasteiger partial charge in [0.25, 0.3) is 0 Å². The molecule has 7 nitrogen and oxygen atoms in total. The molecule has 1 aromatic heterocycles. The van der Waals surface area contributed by atoms with Crippen molar-refractivity contribution in [3.63, 3.8) is 0 Å². The Kier molecular flexibility index (Phi) is 6.24. The fourth-order valence-electron chi connectivity index (χ4n) is 3.89. The fraction of sp³-hybridized carbons (Fsp3) is 0.684. The van der Waals surface area contributed by atoms with Gasteiger partial charge in [0.05, 0.1) is 18.1 Å². The minimum atomic E-state index is -3.23. The molecule has 3 rings (SSSR count). The van der Waals surface area contributed by atoms with E-state index in [-0.39, 0.29) is 11.0 Å². The lowest BCUT2D eigenvalue weighted by Crippen LogP contribution is -2.39. The molecule has 0 unspecified atom stereocenters. The zero-order valence-electron chi connectivity index (χ0n) is 16.0. The van der Waals surface area contributed by atoms with Gasteiger partial charge in [-0.1, -0.05) is 0 Å². The molecule has 0 spiro atoms. The second-order valence-electron chi connectivity index (χ2n) is 7.42. The summed E-state index contributed by atoms with van der Waals surface area (Å²) in [7, 11) is -3.23. The third-order valence-corrected chi connectivity index (χ3v) is 6.62. The monoisotopic (exact) mass is 396 g/mol. The Morgan fingerprint density at radius 2 is 2.04 bits per heavy atom. The summed E-state index contributed by atoms with van der Waals surface area (Å²) in [5, 5.41) is 0. The van der Waals surface area contributed by atoms with E-state index in [1.165, 1.54) is 18.7 Å². The van der Waals surface area contributed by atoms with Crippen LogP contribution in [0.1, 0.15) is 32.6 Å². The first-order chi connectivity index (χ1) is 12.9. The second-order valence-corrected chi connectivity index (χ2v) is 9.44. The lowest BCUT2D eigenvalue weighted by atomic mass is 9.91. The Bertz CT molecular complexity index is 742. The van der Waals surface area contributed by atoms with Gasteiger partial charge in [0.2, 0.25) is 5.88 Å². The highest BCUT2D eigenvalue weighted by molar-refractivity contribution is 7.90. The van der Waals surface area contributed by atoms with Crippen molar-refractivity contribution in [2.24, 2.45) is 17.8 Å². The smallest absolute Gasteiger partial charge is 0.409 e. The Labute approximate surface area is 161 Å². The number of sulfone groups is 1. The quantitative estimate of drug-likeness (QED) is 0.704. The van der Waals surface area contributed by atoms with Crippen LogP contribution < -0.4 is 4.74 Å². The normalized spacial score (nSPS) is 23.1. The molecule has 0 N–H and O–H groups in total. The van der Waals surface area contributed by atoms with E-state index in [0.717, 1.165) is 44.5 Å². The maximum atomic E-state index is 11.8. The van der Waals surface area contributed by atoms with E-state index in [1.807, 2.05) is 11.8 Å². The largest absolute Gasteiger partial charge is 0.478 e. The first kappa shape index (κ1) is 19.9. The van der Waals surface area contributed by atoms with E-state index in [9.17, 15) is 13.2 Å². The van der Waals surface area contributed by atoms with Crippen LogP contribution in [0.4, 0.5) is 4.79 Å². The second kappa shape index (κ2) is 8.46. The number of hydrogen-bond donors (Lipinski definition) is 0. The summed E-state index contributed by atoms with van der Waals surface area (Å²) < 4.78 is 33.6. The van der Waals surface area contributed by atoms with Crippen molar-refractivity contribution in [3.05, 3.63) is 18.3 Å². The molecule has 27 heavy (non-hydrogen) atoms. The third-order valence-electron chi connectivity index (χ3n) is 5.52. The number of aromatic nitrogens is 1. The molecule has 2 fully saturated rings. The van der Waals surface area contributed by atoms with Gasteiger partial charge >= 0.3 is 6.09 Å². The highest BCUT2D eigenvalue weighted by atomic mass is 32.2. The molecule has 150 valence electrons. The number of likely N-dealkylation sites (tertiary alicyclic amines) is 1. The number of carbonyl (C=O) groups is 1. The van der Waals surface area contributed by atoms with E-state index in [1.54, 1.807) is 6.07 Å². The first-order valence-corrected chi connectivity index (χ1v) is 11.5. The van der Waals surface area contributed by atoms with Gasteiger partial charge in [-0.25, -0.2) is 18.2 Å². The molecule has 0 aromatic carbocycles. The summed E-state index contributed by atoms with van der Waals surface area (Å²) in [4.78, 5) is 17.8. The standard InChI is InChI=1S/C19H28N2O5S/c1-3-25-19(22)21-9-6-14(7-10-21)17-12-15(17)8-11-26-18-5-4-16(13-20-18)27(2,23)24/h4-5,13-15,17H,3,6-12H2,1-2H3/t15-,17-/m1/s1. The van der Waals surface area contributed by atoms with Gasteiger partial charge in [-0.05, 0) is 56.4 Å². The number of rotatable bonds is 7. The fourth-order valence-corrected chi connectivity index (χ4v) is 4.45. The number of hydrogen-bond acceptors (Lipinski definition) is 6. The van der Waals surface area contributed by atoms with Gasteiger partial charge in [0.15, 0.2) is 9.84 Å². The van der Waals surface area contributed by atoms with Crippen molar-refractivity contribution in [3.8, 4) is 5.88 Å². The van der Waals surface area contributed by atoms with Crippen molar-refractivity contribution in [2.45, 2.75) is 37.5 Å². The van der Waals surface area contributed by atoms with E-state index in [2.05, 4.69) is 4.98 Å². The van der Waals surface area contributed by atoms with E-state index in [0.29, 0.717) is 30.9 Å². The van der Waals surface area contributed by atoms with Gasteiger partial charge in [-0.3, -0.25) is 0 Å². The predicted molar refractivity (Wildman–Crippen MR) is 100 cm³/mol. The van der Waals surface area contributed by atoms with Crippen molar-refractivity contribution >= 4 is 15.9 Å². The number of pyridine rings is 1. The Hall–Kier alpha value is -1.83. The van der Waals surface area contributed by atoms with Crippen LogP contribution in [0.3, 0.4) is 0 Å². The third kappa shape index (κ3) is 5.34. The molecular weight excluding hydrogens is 368 g/mol. The van der Waals surface area contributed by atoms with Gasteiger partial charge in [-0.15, -0.1) is 0 Å². The molecule has 2 atom stereocenters. The molecular formula is C19H28N2O5S. The lowest BCUT2D eigenvalue weighted by Gasteiger charge is -2.31. The average Bonchev–Trinajstić information content (AvgIpc) is 3.41. The maximum absolute atomic E-state index is 11.8. The zero-order valence-corrected chi connectivity index (χ0v) is 16.8. The van der Waals surface area contributed by atoms with E-state index < -0.39 is 9.84 Å². The van der Waals surface area contributed by atoms with Crippen LogP contribution in [0.15, 0.2) is 23.2 Å². The topological polar surface area (TPSA) is 85.8 Å². The van der Waals surface area contributed by atoms with Crippen molar-refractivity contribution in [2.75, 3.05) is 32.6 Å². The summed E-state index contributed by atoms with van der Waals surface area (Å²) >= 11 is 0. The molecule has 1 aliphatic carbocycles. The van der Waals surface area contributed by atoms with Gasteiger partial charge < -0.3 is 14.4 Å². The van der Waals surface area contributed by atoms with Gasteiger partial charge in [-0.2, -0.15) is 0 Å². The van der Waals surface area contributed by atoms with E-state index >= 15 is 0 Å². The van der Waals surface area contributed by atoms with Crippen LogP contribution in [0, 0.1) is 17.8 Å². The SMILES string of the molecule is CCOC(=O)N1CCC([C@H]2C[C@H]2CCOc2ccc(S(C)(=O)=O)cn2)CC1. The maximum Gasteiger partial charge on any atom is 0.409 e. The molecule has 8 heteroatoms. The molecule has 2 aliphatic rings. The number of ether oxygens (including phenoxy) is 2. The summed E-state index contributed by atoms with van der Waals surface area (Å²) in [6.07, 6.45) is 6.62. The van der Waals surface area contributed by atoms with Crippen molar-refractivity contribution < 1.29 is 22.7 Å². The summed E-state index contributed by atoms with van der Waals surface area (Å²) in [6.45, 7) is 4.43. The first-order valence-electron chi connectivity index (χ1n) is 9.59. The average molecular weight is 397 g/mol. The van der Waals surface area contributed by atoms with Crippen LogP contribution in [-0.2, 0) is 14.6 Å². The van der Waals surface area contributed by atoms with Crippen LogP contribution in [-0.4, -0.2) is 57.0 Å². The zero-order chi connectivity index (χ0) is 19.4. The summed E-state index contributed by atoms with van der Waals surface area (Å²) in [6, 6.07) is 3.13. The van der Waals surface area contributed by atoms with E-state index in [4.69, 9.17) is 9.47 Å². The number of carbonyl (C=O) groups excluding carboxylic acids is 1. The minimum Gasteiger partial charge on any atom is -0.478 e. The molecule has 1 amide bonds. The minimum absolute atomic E-state index is 0.189. The Balaban J connectivity index is 1.35. The van der Waals surface area contributed by atoms with Crippen molar-refractivity contribution in [1.82, 2.24) is 9.88 Å². The van der Waals surface area contributed by atoms with Crippen LogP contribution >= 0.6 is 0 Å². The van der Waals surface area contributed by atoms with Crippen molar-refractivity contribution in [1.29, 1.82) is 0 Å². The highest BCUT2D eigenvalue weighted by Crippen LogP contribution is 2.49. The van der Waals surface area contributed by atoms with Crippen LogP contribution in [0.2, 0.25) is 0 Å². The molecule has 1 saturated carbocycles. The molecule has 1 aromatic rings. The number of amides is 1.